The van der Waals surface area contributed by atoms with Crippen LogP contribution in [0, 0.1) is 0 Å². The minimum Gasteiger partial charge on any atom is -0.494 e. The van der Waals surface area contributed by atoms with E-state index in [4.69, 9.17) is 26.1 Å². The Balaban J connectivity index is 1.37. The zero-order valence-electron chi connectivity index (χ0n) is 17.1. The van der Waals surface area contributed by atoms with Crippen LogP contribution in [0.4, 0.5) is 0 Å². The second-order valence-corrected chi connectivity index (χ2v) is 7.84. The molecule has 6 nitrogen and oxygen atoms in total. The van der Waals surface area contributed by atoms with Gasteiger partial charge in [-0.25, -0.2) is 0 Å². The third-order valence-electron chi connectivity index (χ3n) is 5.33. The van der Waals surface area contributed by atoms with E-state index in [1.165, 1.54) is 6.42 Å². The number of nitrogens with zero attached hydrogens (tertiary/aromatic N) is 1. The lowest BCUT2D eigenvalue weighted by Gasteiger charge is -2.29. The summed E-state index contributed by atoms with van der Waals surface area (Å²) < 4.78 is 17.0. The molecule has 158 valence electrons. The van der Waals surface area contributed by atoms with Gasteiger partial charge in [-0.2, -0.15) is 0 Å². The molecule has 1 saturated carbocycles. The first-order valence-electron chi connectivity index (χ1n) is 10.4. The van der Waals surface area contributed by atoms with E-state index in [9.17, 15) is 4.79 Å². The van der Waals surface area contributed by atoms with Crippen molar-refractivity contribution >= 4 is 29.3 Å². The van der Waals surface area contributed by atoms with Crippen LogP contribution >= 0.6 is 12.2 Å². The van der Waals surface area contributed by atoms with E-state index >= 15 is 0 Å². The molecule has 2 aliphatic rings. The average Bonchev–Trinajstić information content (AvgIpc) is 3.32. The number of thiocarbonyl (C=S) groups is 1. The first-order valence-corrected chi connectivity index (χ1v) is 10.9. The molecule has 2 fully saturated rings. The second kappa shape index (κ2) is 9.34. The molecule has 1 aromatic heterocycles. The monoisotopic (exact) mass is 426 g/mol. The van der Waals surface area contributed by atoms with Crippen LogP contribution in [0.2, 0.25) is 0 Å². The Kier molecular flexibility index (Phi) is 6.38. The average molecular weight is 427 g/mol. The summed E-state index contributed by atoms with van der Waals surface area (Å²) >= 11 is 5.41. The SMILES string of the molecule is CCOc1ccc(OCc2ccc(/C=C3/NC(=S)N(C4CCCCC4)C3=O)o2)cc1. The maximum Gasteiger partial charge on any atom is 0.276 e. The van der Waals surface area contributed by atoms with Crippen molar-refractivity contribution in [3.8, 4) is 11.5 Å². The number of ether oxygens (including phenoxy) is 2. The summed E-state index contributed by atoms with van der Waals surface area (Å²) in [4.78, 5) is 14.6. The van der Waals surface area contributed by atoms with Crippen molar-refractivity contribution in [1.82, 2.24) is 10.2 Å². The van der Waals surface area contributed by atoms with Gasteiger partial charge in [-0.3, -0.25) is 9.69 Å². The van der Waals surface area contributed by atoms with Crippen molar-refractivity contribution in [2.75, 3.05) is 6.61 Å². The number of benzene rings is 1. The number of nitrogens with one attached hydrogen (secondary N) is 1. The molecule has 0 bridgehead atoms. The molecule has 1 aromatic carbocycles. The van der Waals surface area contributed by atoms with Crippen LogP contribution in [-0.4, -0.2) is 28.6 Å². The molecule has 1 aliphatic carbocycles. The molecule has 1 N–H and O–H groups in total. The van der Waals surface area contributed by atoms with Crippen LogP contribution in [-0.2, 0) is 11.4 Å². The molecule has 1 amide bonds. The van der Waals surface area contributed by atoms with Crippen LogP contribution in [0.15, 0.2) is 46.5 Å². The van der Waals surface area contributed by atoms with E-state index in [2.05, 4.69) is 5.32 Å². The Morgan fingerprint density at radius 1 is 1.10 bits per heavy atom. The highest BCUT2D eigenvalue weighted by atomic mass is 32.1. The largest absolute Gasteiger partial charge is 0.494 e. The topological polar surface area (TPSA) is 63.9 Å². The van der Waals surface area contributed by atoms with Gasteiger partial charge in [0.15, 0.2) is 5.11 Å². The lowest BCUT2D eigenvalue weighted by Crippen LogP contribution is -2.41. The van der Waals surface area contributed by atoms with Gasteiger partial charge in [0.25, 0.3) is 5.91 Å². The summed E-state index contributed by atoms with van der Waals surface area (Å²) in [6, 6.07) is 11.3. The number of carbonyl (C=O) groups is 1. The molecule has 0 radical (unpaired) electrons. The van der Waals surface area contributed by atoms with E-state index in [1.54, 1.807) is 11.0 Å². The van der Waals surface area contributed by atoms with Crippen LogP contribution in [0.5, 0.6) is 11.5 Å². The first-order chi connectivity index (χ1) is 14.6. The summed E-state index contributed by atoms with van der Waals surface area (Å²) in [6.45, 7) is 2.88. The third kappa shape index (κ3) is 4.67. The molecule has 1 aliphatic heterocycles. The Bertz CT molecular complexity index is 929. The van der Waals surface area contributed by atoms with Crippen molar-refractivity contribution in [2.24, 2.45) is 0 Å². The quantitative estimate of drug-likeness (QED) is 0.514. The first kappa shape index (κ1) is 20.5. The Morgan fingerprint density at radius 2 is 1.80 bits per heavy atom. The van der Waals surface area contributed by atoms with E-state index in [0.29, 0.717) is 35.5 Å². The van der Waals surface area contributed by atoms with Gasteiger partial charge in [-0.15, -0.1) is 0 Å². The molecule has 4 rings (SSSR count). The predicted octanol–water partition coefficient (Wildman–Crippen LogP) is 4.65. The molecule has 2 heterocycles. The molecule has 0 unspecified atom stereocenters. The van der Waals surface area contributed by atoms with Gasteiger partial charge in [-0.1, -0.05) is 19.3 Å². The number of amides is 1. The van der Waals surface area contributed by atoms with Crippen molar-refractivity contribution in [1.29, 1.82) is 0 Å². The van der Waals surface area contributed by atoms with Crippen molar-refractivity contribution < 1.29 is 18.7 Å². The zero-order valence-corrected chi connectivity index (χ0v) is 17.9. The molecular formula is C23H26N2O4S. The summed E-state index contributed by atoms with van der Waals surface area (Å²) in [5.74, 6) is 2.73. The lowest BCUT2D eigenvalue weighted by atomic mass is 9.94. The highest BCUT2D eigenvalue weighted by Crippen LogP contribution is 2.27. The minimum absolute atomic E-state index is 0.0736. The maximum atomic E-state index is 12.8. The predicted molar refractivity (Wildman–Crippen MR) is 118 cm³/mol. The summed E-state index contributed by atoms with van der Waals surface area (Å²) in [7, 11) is 0. The van der Waals surface area contributed by atoms with Crippen LogP contribution < -0.4 is 14.8 Å². The van der Waals surface area contributed by atoms with Crippen LogP contribution in [0.1, 0.15) is 50.5 Å². The normalized spacial score (nSPS) is 18.7. The molecule has 0 atom stereocenters. The van der Waals surface area contributed by atoms with Crippen molar-refractivity contribution in [3.05, 3.63) is 53.6 Å². The van der Waals surface area contributed by atoms with Gasteiger partial charge in [0, 0.05) is 12.1 Å². The van der Waals surface area contributed by atoms with Crippen LogP contribution in [0.3, 0.4) is 0 Å². The molecular weight excluding hydrogens is 400 g/mol. The molecule has 0 spiro atoms. The summed E-state index contributed by atoms with van der Waals surface area (Å²) in [5, 5.41) is 3.54. The molecule has 1 saturated heterocycles. The van der Waals surface area contributed by atoms with Crippen molar-refractivity contribution in [2.45, 2.75) is 51.7 Å². The second-order valence-electron chi connectivity index (χ2n) is 7.45. The number of carbonyl (C=O) groups excluding carboxylic acids is 1. The van der Waals surface area contributed by atoms with Crippen LogP contribution in [0.25, 0.3) is 6.08 Å². The van der Waals surface area contributed by atoms with Gasteiger partial charge in [0.2, 0.25) is 0 Å². The third-order valence-corrected chi connectivity index (χ3v) is 5.63. The highest BCUT2D eigenvalue weighted by molar-refractivity contribution is 7.80. The van der Waals surface area contributed by atoms with Gasteiger partial charge in [0.05, 0.1) is 6.61 Å². The molecule has 7 heteroatoms. The fraction of sp³-hybridized carbons (Fsp3) is 0.391. The lowest BCUT2D eigenvalue weighted by molar-refractivity contribution is -0.124. The molecule has 30 heavy (non-hydrogen) atoms. The summed E-state index contributed by atoms with van der Waals surface area (Å²) in [5.41, 5.74) is 0.457. The fourth-order valence-corrected chi connectivity index (χ4v) is 4.21. The van der Waals surface area contributed by atoms with E-state index in [0.717, 1.165) is 37.2 Å². The minimum atomic E-state index is -0.0736. The highest BCUT2D eigenvalue weighted by Gasteiger charge is 2.36. The molecule has 2 aromatic rings. The zero-order chi connectivity index (χ0) is 20.9. The van der Waals surface area contributed by atoms with Gasteiger partial charge in [0.1, 0.15) is 35.3 Å². The van der Waals surface area contributed by atoms with E-state index < -0.39 is 0 Å². The smallest absolute Gasteiger partial charge is 0.276 e. The number of hydrogen-bond donors (Lipinski definition) is 1. The standard InChI is InChI=1S/C23H26N2O4S/c1-2-27-17-8-10-18(11-9-17)28-15-20-13-12-19(29-20)14-21-22(26)25(23(30)24-21)16-6-4-3-5-7-16/h8-14,16H,2-7,15H2,1H3,(H,24,30)/b21-14+. The number of hydrogen-bond acceptors (Lipinski definition) is 5. The van der Waals surface area contributed by atoms with Gasteiger partial charge >= 0.3 is 0 Å². The Hall–Kier alpha value is -2.80. The Labute approximate surface area is 181 Å². The maximum absolute atomic E-state index is 12.8. The summed E-state index contributed by atoms with van der Waals surface area (Å²) in [6.07, 6.45) is 7.24. The van der Waals surface area contributed by atoms with E-state index in [1.807, 2.05) is 43.3 Å². The van der Waals surface area contributed by atoms with Crippen molar-refractivity contribution in [3.63, 3.8) is 0 Å². The fourth-order valence-electron chi connectivity index (χ4n) is 3.86. The Morgan fingerprint density at radius 3 is 2.50 bits per heavy atom. The van der Waals surface area contributed by atoms with Gasteiger partial charge < -0.3 is 19.2 Å². The number of furan rings is 1. The van der Waals surface area contributed by atoms with E-state index in [-0.39, 0.29) is 11.9 Å². The van der Waals surface area contributed by atoms with Gasteiger partial charge in [-0.05, 0) is 68.4 Å². The number of rotatable bonds is 7.